The van der Waals surface area contributed by atoms with Crippen molar-refractivity contribution in [2.75, 3.05) is 6.61 Å². The van der Waals surface area contributed by atoms with E-state index in [1.807, 2.05) is 0 Å². The van der Waals surface area contributed by atoms with E-state index in [-0.39, 0.29) is 12.3 Å². The van der Waals surface area contributed by atoms with Crippen LogP contribution < -0.4 is 5.32 Å². The van der Waals surface area contributed by atoms with E-state index in [1.54, 1.807) is 44.2 Å². The van der Waals surface area contributed by atoms with Crippen molar-refractivity contribution < 1.29 is 14.4 Å². The number of nitrogens with one attached hydrogen (secondary N) is 1. The number of amides is 1. The van der Waals surface area contributed by atoms with Gasteiger partial charge < -0.3 is 14.9 Å². The number of benzene rings is 1. The first kappa shape index (κ1) is 14.6. The van der Waals surface area contributed by atoms with Gasteiger partial charge in [0.1, 0.15) is 0 Å². The van der Waals surface area contributed by atoms with Gasteiger partial charge in [0.15, 0.2) is 11.5 Å². The van der Waals surface area contributed by atoms with Crippen molar-refractivity contribution in [2.24, 2.45) is 0 Å². The summed E-state index contributed by atoms with van der Waals surface area (Å²) in [5.41, 5.74) is 0.232. The Morgan fingerprint density at radius 3 is 2.65 bits per heavy atom. The first-order valence-corrected chi connectivity index (χ1v) is 6.45. The highest BCUT2D eigenvalue weighted by Gasteiger charge is 2.22. The van der Waals surface area contributed by atoms with E-state index in [0.29, 0.717) is 10.8 Å². The third kappa shape index (κ3) is 3.37. The van der Waals surface area contributed by atoms with Crippen LogP contribution in [0.1, 0.15) is 24.3 Å². The van der Waals surface area contributed by atoms with Crippen molar-refractivity contribution in [3.05, 3.63) is 41.0 Å². The molecule has 2 N–H and O–H groups in total. The van der Waals surface area contributed by atoms with Gasteiger partial charge in [0.05, 0.1) is 12.1 Å². The molecule has 0 bridgehead atoms. The van der Waals surface area contributed by atoms with Crippen molar-refractivity contribution in [1.82, 2.24) is 10.5 Å². The Labute approximate surface area is 121 Å². The van der Waals surface area contributed by atoms with E-state index >= 15 is 0 Å². The summed E-state index contributed by atoms with van der Waals surface area (Å²) in [6.45, 7) is 3.26. The number of aliphatic hydroxyl groups excluding tert-OH is 1. The predicted molar refractivity (Wildman–Crippen MR) is 75.6 cm³/mol. The molecule has 2 aromatic rings. The minimum atomic E-state index is -0.712. The fourth-order valence-electron chi connectivity index (χ4n) is 1.54. The van der Waals surface area contributed by atoms with Gasteiger partial charge in [-0.2, -0.15) is 0 Å². The highest BCUT2D eigenvalue weighted by atomic mass is 35.5. The molecule has 0 saturated heterocycles. The molecule has 1 aromatic heterocycles. The van der Waals surface area contributed by atoms with Crippen molar-refractivity contribution >= 4 is 17.5 Å². The Morgan fingerprint density at radius 1 is 1.40 bits per heavy atom. The number of carbonyl (C=O) groups is 1. The Balaban J connectivity index is 2.17. The molecule has 0 radical (unpaired) electrons. The normalized spacial score (nSPS) is 11.4. The minimum Gasteiger partial charge on any atom is -0.394 e. The second-order valence-electron chi connectivity index (χ2n) is 5.08. The molecule has 1 amide bonds. The maximum absolute atomic E-state index is 12.0. The summed E-state index contributed by atoms with van der Waals surface area (Å²) >= 11 is 5.81. The molecule has 0 fully saturated rings. The van der Waals surface area contributed by atoms with Crippen LogP contribution in [0, 0.1) is 0 Å². The third-order valence-corrected chi connectivity index (χ3v) is 2.97. The fraction of sp³-hybridized carbons (Fsp3) is 0.286. The molecule has 1 heterocycles. The quantitative estimate of drug-likeness (QED) is 0.908. The maximum atomic E-state index is 12.0. The van der Waals surface area contributed by atoms with Crippen LogP contribution in [-0.4, -0.2) is 28.3 Å². The van der Waals surface area contributed by atoms with E-state index in [1.165, 1.54) is 0 Å². The van der Waals surface area contributed by atoms with Crippen LogP contribution in [0.4, 0.5) is 0 Å². The van der Waals surface area contributed by atoms with E-state index in [4.69, 9.17) is 21.2 Å². The molecule has 106 valence electrons. The van der Waals surface area contributed by atoms with Crippen LogP contribution in [-0.2, 0) is 0 Å². The number of rotatable bonds is 4. The predicted octanol–water partition coefficient (Wildman–Crippen LogP) is 2.50. The molecule has 0 spiro atoms. The van der Waals surface area contributed by atoms with Gasteiger partial charge in [0.2, 0.25) is 0 Å². The maximum Gasteiger partial charge on any atom is 0.273 e. The number of nitrogens with zero attached hydrogens (tertiary/aromatic N) is 1. The van der Waals surface area contributed by atoms with Crippen LogP contribution in [0.5, 0.6) is 0 Å². The molecular formula is C14H15ClN2O3. The smallest absolute Gasteiger partial charge is 0.273 e. The second kappa shape index (κ2) is 5.64. The van der Waals surface area contributed by atoms with Crippen LogP contribution in [0.3, 0.4) is 0 Å². The molecular weight excluding hydrogens is 280 g/mol. The fourth-order valence-corrected chi connectivity index (χ4v) is 1.67. The summed E-state index contributed by atoms with van der Waals surface area (Å²) in [5, 5.41) is 16.1. The lowest BCUT2D eigenvalue weighted by Crippen LogP contribution is -2.46. The van der Waals surface area contributed by atoms with Crippen LogP contribution in [0.25, 0.3) is 11.3 Å². The van der Waals surface area contributed by atoms with Gasteiger partial charge >= 0.3 is 0 Å². The molecule has 0 aliphatic heterocycles. The number of aromatic nitrogens is 1. The van der Waals surface area contributed by atoms with Gasteiger partial charge in [0, 0.05) is 16.7 Å². The van der Waals surface area contributed by atoms with Gasteiger partial charge in [-0.25, -0.2) is 0 Å². The summed E-state index contributed by atoms with van der Waals surface area (Å²) in [5.74, 6) is 0.0848. The van der Waals surface area contributed by atoms with E-state index < -0.39 is 11.4 Å². The van der Waals surface area contributed by atoms with Crippen molar-refractivity contribution in [3.63, 3.8) is 0 Å². The Kier molecular flexibility index (Phi) is 4.11. The molecule has 2 rings (SSSR count). The summed E-state index contributed by atoms with van der Waals surface area (Å²) in [6, 6.07) is 8.57. The van der Waals surface area contributed by atoms with Crippen LogP contribution in [0.15, 0.2) is 34.9 Å². The van der Waals surface area contributed by atoms with E-state index in [0.717, 1.165) is 5.56 Å². The molecule has 6 heteroatoms. The second-order valence-corrected chi connectivity index (χ2v) is 5.52. The van der Waals surface area contributed by atoms with Crippen molar-refractivity contribution in [2.45, 2.75) is 19.4 Å². The number of aliphatic hydroxyl groups is 1. The van der Waals surface area contributed by atoms with Gasteiger partial charge in [-0.3, -0.25) is 4.79 Å². The van der Waals surface area contributed by atoms with Crippen molar-refractivity contribution in [1.29, 1.82) is 0 Å². The van der Waals surface area contributed by atoms with Gasteiger partial charge in [-0.1, -0.05) is 16.8 Å². The topological polar surface area (TPSA) is 75.4 Å². The van der Waals surface area contributed by atoms with Crippen LogP contribution >= 0.6 is 11.6 Å². The van der Waals surface area contributed by atoms with E-state index in [2.05, 4.69) is 10.5 Å². The lowest BCUT2D eigenvalue weighted by molar-refractivity contribution is 0.0860. The van der Waals surface area contributed by atoms with Gasteiger partial charge in [0.25, 0.3) is 5.91 Å². The molecule has 0 atom stereocenters. The first-order valence-electron chi connectivity index (χ1n) is 6.07. The standard InChI is InChI=1S/C14H15ClN2O3/c1-14(2,8-18)16-13(19)11-7-12(20-17-11)9-3-5-10(15)6-4-9/h3-7,18H,8H2,1-2H3,(H,16,19). The zero-order chi connectivity index (χ0) is 14.8. The highest BCUT2D eigenvalue weighted by molar-refractivity contribution is 6.30. The Hall–Kier alpha value is -1.85. The van der Waals surface area contributed by atoms with Gasteiger partial charge in [-0.05, 0) is 38.1 Å². The molecule has 5 nitrogen and oxygen atoms in total. The molecule has 1 aromatic carbocycles. The molecule has 0 aliphatic carbocycles. The Morgan fingerprint density at radius 2 is 2.05 bits per heavy atom. The van der Waals surface area contributed by atoms with Gasteiger partial charge in [-0.15, -0.1) is 0 Å². The zero-order valence-electron chi connectivity index (χ0n) is 11.2. The number of halogens is 1. The lowest BCUT2D eigenvalue weighted by atomic mass is 10.1. The summed E-state index contributed by atoms with van der Waals surface area (Å²) in [4.78, 5) is 12.0. The number of hydrogen-bond acceptors (Lipinski definition) is 4. The number of hydrogen-bond donors (Lipinski definition) is 2. The highest BCUT2D eigenvalue weighted by Crippen LogP contribution is 2.22. The third-order valence-electron chi connectivity index (χ3n) is 2.72. The first-order chi connectivity index (χ1) is 9.41. The monoisotopic (exact) mass is 294 g/mol. The zero-order valence-corrected chi connectivity index (χ0v) is 11.9. The van der Waals surface area contributed by atoms with Crippen LogP contribution in [0.2, 0.25) is 5.02 Å². The molecule has 0 aliphatic rings. The summed E-state index contributed by atoms with van der Waals surface area (Å²) < 4.78 is 5.14. The minimum absolute atomic E-state index is 0.163. The van der Waals surface area contributed by atoms with E-state index in [9.17, 15) is 4.79 Å². The SMILES string of the molecule is CC(C)(CO)NC(=O)c1cc(-c2ccc(Cl)cc2)on1. The Bertz CT molecular complexity index is 605. The molecule has 20 heavy (non-hydrogen) atoms. The average Bonchev–Trinajstić information content (AvgIpc) is 2.89. The van der Waals surface area contributed by atoms with Crippen molar-refractivity contribution in [3.8, 4) is 11.3 Å². The number of carbonyl (C=O) groups excluding carboxylic acids is 1. The summed E-state index contributed by atoms with van der Waals surface area (Å²) in [6.07, 6.45) is 0. The molecule has 0 saturated carbocycles. The summed E-state index contributed by atoms with van der Waals surface area (Å²) in [7, 11) is 0. The lowest BCUT2D eigenvalue weighted by Gasteiger charge is -2.22. The largest absolute Gasteiger partial charge is 0.394 e. The molecule has 0 unspecified atom stereocenters. The average molecular weight is 295 g/mol.